The summed E-state index contributed by atoms with van der Waals surface area (Å²) in [5, 5.41) is 0. The van der Waals surface area contributed by atoms with Gasteiger partial charge in [0.15, 0.2) is 0 Å². The molecule has 0 fully saturated rings. The molecule has 23 heavy (non-hydrogen) atoms. The summed E-state index contributed by atoms with van der Waals surface area (Å²) < 4.78 is 15.6. The van der Waals surface area contributed by atoms with Crippen LogP contribution in [0.3, 0.4) is 0 Å². The van der Waals surface area contributed by atoms with Crippen LogP contribution in [0.1, 0.15) is 85.5 Å². The molecule has 128 valence electrons. The van der Waals surface area contributed by atoms with Gasteiger partial charge < -0.3 is 4.79 Å². The standard InChI is InChI=1S/C22H34O/c1-5-7-9-20(21-12-10-19(3)11-13-21)14-16-22(4,17-18-23)15-8-6-2/h10-14,16,18,20H,5-9,15,17H2,1-4H3/b16-14+/t20-,22+/m1/s1/i17D,18D/t17-,20-,22+. The number of hydrogen-bond acceptors (Lipinski definition) is 1. The van der Waals surface area contributed by atoms with Crippen LogP contribution in [-0.2, 0) is 4.79 Å². The number of rotatable bonds is 11. The second kappa shape index (κ2) is 10.4. The Morgan fingerprint density at radius 1 is 1.22 bits per heavy atom. The Morgan fingerprint density at radius 2 is 1.87 bits per heavy atom. The van der Waals surface area contributed by atoms with E-state index in [9.17, 15) is 4.79 Å². The topological polar surface area (TPSA) is 17.1 Å². The van der Waals surface area contributed by atoms with Crippen LogP contribution >= 0.6 is 0 Å². The first-order valence-electron chi connectivity index (χ1n) is 10.1. The molecule has 0 N–H and O–H groups in total. The van der Waals surface area contributed by atoms with Crippen LogP contribution in [0.4, 0.5) is 0 Å². The number of carbonyl (C=O) groups excluding carboxylic acids is 1. The number of hydrogen-bond donors (Lipinski definition) is 0. The van der Waals surface area contributed by atoms with Crippen LogP contribution in [0, 0.1) is 12.3 Å². The monoisotopic (exact) mass is 316 g/mol. The Balaban J connectivity index is 3.07. The third-order valence-corrected chi connectivity index (χ3v) is 4.54. The van der Waals surface area contributed by atoms with Gasteiger partial charge in [-0.25, -0.2) is 0 Å². The summed E-state index contributed by atoms with van der Waals surface area (Å²) in [7, 11) is 0. The van der Waals surface area contributed by atoms with Gasteiger partial charge in [0.05, 0.1) is 0 Å². The number of carbonyl (C=O) groups is 1. The van der Waals surface area contributed by atoms with Crippen molar-refractivity contribution in [3.63, 3.8) is 0 Å². The molecule has 0 aliphatic heterocycles. The maximum absolute atomic E-state index is 11.5. The fraction of sp³-hybridized carbons (Fsp3) is 0.591. The highest BCUT2D eigenvalue weighted by atomic mass is 16.1. The van der Waals surface area contributed by atoms with Gasteiger partial charge in [0, 0.05) is 13.7 Å². The minimum absolute atomic E-state index is 0.300. The molecule has 0 aliphatic rings. The molecule has 3 atom stereocenters. The largest absolute Gasteiger partial charge is 0.303 e. The van der Waals surface area contributed by atoms with E-state index in [2.05, 4.69) is 51.1 Å². The van der Waals surface area contributed by atoms with Gasteiger partial charge in [0.1, 0.15) is 7.63 Å². The molecule has 0 saturated heterocycles. The highest BCUT2D eigenvalue weighted by Crippen LogP contribution is 2.32. The molecule has 0 aliphatic carbocycles. The number of unbranched alkanes of at least 4 members (excludes halogenated alkanes) is 2. The third kappa shape index (κ3) is 7.16. The van der Waals surface area contributed by atoms with Gasteiger partial charge in [0.2, 0.25) is 0 Å². The Morgan fingerprint density at radius 3 is 2.43 bits per heavy atom. The second-order valence-corrected chi connectivity index (χ2v) is 6.89. The summed E-state index contributed by atoms with van der Waals surface area (Å²) in [6.07, 6.45) is 8.56. The molecule has 1 nitrogen and oxygen atoms in total. The van der Waals surface area contributed by atoms with E-state index >= 15 is 0 Å². The molecule has 0 unspecified atom stereocenters. The molecule has 1 heteroatoms. The molecular weight excluding hydrogens is 280 g/mol. The maximum Gasteiger partial charge on any atom is 0.120 e. The lowest BCUT2D eigenvalue weighted by molar-refractivity contribution is -0.109. The molecule has 0 radical (unpaired) electrons. The van der Waals surface area contributed by atoms with Crippen molar-refractivity contribution in [2.24, 2.45) is 5.41 Å². The second-order valence-electron chi connectivity index (χ2n) is 6.89. The van der Waals surface area contributed by atoms with Crippen molar-refractivity contribution >= 4 is 6.26 Å². The average Bonchev–Trinajstić information content (AvgIpc) is 2.60. The zero-order valence-corrected chi connectivity index (χ0v) is 15.3. The molecule has 0 spiro atoms. The van der Waals surface area contributed by atoms with Gasteiger partial charge in [-0.05, 0) is 30.7 Å². The van der Waals surface area contributed by atoms with E-state index < -0.39 is 18.1 Å². The quantitative estimate of drug-likeness (QED) is 0.331. The summed E-state index contributed by atoms with van der Waals surface area (Å²) in [4.78, 5) is 11.5. The smallest absolute Gasteiger partial charge is 0.120 e. The van der Waals surface area contributed by atoms with Crippen LogP contribution in [-0.4, -0.2) is 6.26 Å². The van der Waals surface area contributed by atoms with E-state index in [1.165, 1.54) is 11.1 Å². The van der Waals surface area contributed by atoms with Crippen molar-refractivity contribution in [2.75, 3.05) is 0 Å². The van der Waals surface area contributed by atoms with Crippen molar-refractivity contribution < 1.29 is 7.54 Å². The highest BCUT2D eigenvalue weighted by Gasteiger charge is 2.20. The van der Waals surface area contributed by atoms with Crippen molar-refractivity contribution in [1.82, 2.24) is 0 Å². The minimum atomic E-state index is -1.01. The van der Waals surface area contributed by atoms with E-state index in [0.29, 0.717) is 5.92 Å². The van der Waals surface area contributed by atoms with E-state index in [1.54, 1.807) is 0 Å². The molecule has 1 aromatic carbocycles. The molecule has 0 amide bonds. The molecule has 0 heterocycles. The van der Waals surface area contributed by atoms with Crippen molar-refractivity contribution in [3.05, 3.63) is 47.5 Å². The number of allylic oxidation sites excluding steroid dienone is 2. The molecular formula is C22H34O. The third-order valence-electron chi connectivity index (χ3n) is 4.54. The van der Waals surface area contributed by atoms with Gasteiger partial charge in [0.25, 0.3) is 0 Å². The van der Waals surface area contributed by atoms with Crippen LogP contribution in [0.15, 0.2) is 36.4 Å². The summed E-state index contributed by atoms with van der Waals surface area (Å²) in [6, 6.07) is 8.63. The van der Waals surface area contributed by atoms with E-state index in [-0.39, 0.29) is 0 Å². The Bertz CT molecular complexity index is 550. The van der Waals surface area contributed by atoms with E-state index in [4.69, 9.17) is 2.74 Å². The lowest BCUT2D eigenvalue weighted by atomic mass is 9.80. The fourth-order valence-corrected chi connectivity index (χ4v) is 2.84. The minimum Gasteiger partial charge on any atom is -0.303 e. The first-order chi connectivity index (χ1) is 11.8. The molecule has 1 rings (SSSR count). The van der Waals surface area contributed by atoms with Crippen LogP contribution in [0.25, 0.3) is 0 Å². The van der Waals surface area contributed by atoms with E-state index in [1.807, 2.05) is 13.0 Å². The molecule has 1 aromatic rings. The number of benzene rings is 1. The Labute approximate surface area is 146 Å². The molecule has 0 saturated carbocycles. The van der Waals surface area contributed by atoms with Gasteiger partial charge in [-0.15, -0.1) is 0 Å². The zero-order valence-electron chi connectivity index (χ0n) is 17.3. The predicted molar refractivity (Wildman–Crippen MR) is 101 cm³/mol. The number of aldehydes is 1. The first-order valence-corrected chi connectivity index (χ1v) is 9.02. The van der Waals surface area contributed by atoms with Gasteiger partial charge in [-0.2, -0.15) is 0 Å². The summed E-state index contributed by atoms with van der Waals surface area (Å²) in [5.41, 5.74) is 1.97. The summed E-state index contributed by atoms with van der Waals surface area (Å²) in [5.74, 6) is 0.300. The predicted octanol–water partition coefficient (Wildman–Crippen LogP) is 6.61. The number of aryl methyl sites for hydroxylation is 1. The van der Waals surface area contributed by atoms with Gasteiger partial charge in [-0.1, -0.05) is 88.4 Å². The maximum atomic E-state index is 11.5. The summed E-state index contributed by atoms with van der Waals surface area (Å²) >= 11 is 0. The van der Waals surface area contributed by atoms with E-state index in [0.717, 1.165) is 38.5 Å². The van der Waals surface area contributed by atoms with Crippen molar-refractivity contribution in [3.8, 4) is 0 Å². The van der Waals surface area contributed by atoms with Crippen LogP contribution in [0.5, 0.6) is 0 Å². The van der Waals surface area contributed by atoms with Gasteiger partial charge in [-0.3, -0.25) is 0 Å². The highest BCUT2D eigenvalue weighted by molar-refractivity contribution is 5.51. The molecule has 0 bridgehead atoms. The van der Waals surface area contributed by atoms with Crippen molar-refractivity contribution in [1.29, 1.82) is 0 Å². The Hall–Kier alpha value is -1.37. The van der Waals surface area contributed by atoms with Crippen molar-refractivity contribution in [2.45, 2.75) is 78.5 Å². The summed E-state index contributed by atoms with van der Waals surface area (Å²) in [6.45, 7) is 8.35. The average molecular weight is 317 g/mol. The lowest BCUT2D eigenvalue weighted by Crippen LogP contribution is -2.14. The molecule has 0 aromatic heterocycles. The Kier molecular flexibility index (Phi) is 7.46. The lowest BCUT2D eigenvalue weighted by Gasteiger charge is -2.24. The van der Waals surface area contributed by atoms with Crippen LogP contribution < -0.4 is 0 Å². The van der Waals surface area contributed by atoms with Gasteiger partial charge >= 0.3 is 0 Å². The fourth-order valence-electron chi connectivity index (χ4n) is 2.84. The SMILES string of the molecule is [2H]C(=O)[C@@H]([2H])[C@](C)(/C=C/[C@@H](CCCC)c1ccc(C)cc1)CCCC. The zero-order chi connectivity index (χ0) is 18.9. The normalized spacial score (nSPS) is 18.1. The first kappa shape index (κ1) is 16.5. The van der Waals surface area contributed by atoms with Crippen LogP contribution in [0.2, 0.25) is 0 Å².